The highest BCUT2D eigenvalue weighted by molar-refractivity contribution is 6.05. The Morgan fingerprint density at radius 2 is 1.62 bits per heavy atom. The number of benzene rings is 3. The second-order valence-electron chi connectivity index (χ2n) is 7.60. The van der Waals surface area contributed by atoms with Crippen LogP contribution in [0.4, 0.5) is 21.6 Å². The molecule has 6 N–H and O–H groups in total. The lowest BCUT2D eigenvalue weighted by Gasteiger charge is -2.10. The Balaban J connectivity index is 1.41. The topological polar surface area (TPSA) is 115 Å². The van der Waals surface area contributed by atoms with Gasteiger partial charge in [-0.1, -0.05) is 42.5 Å². The van der Waals surface area contributed by atoms with Gasteiger partial charge in [-0.25, -0.2) is 15.2 Å². The van der Waals surface area contributed by atoms with Crippen LogP contribution in [0.3, 0.4) is 0 Å². The van der Waals surface area contributed by atoms with E-state index < -0.39 is 5.82 Å². The molecule has 0 aliphatic heterocycles. The Kier molecular flexibility index (Phi) is 7.12. The van der Waals surface area contributed by atoms with E-state index in [4.69, 9.17) is 16.3 Å². The second-order valence-corrected chi connectivity index (χ2v) is 7.60. The molecule has 0 saturated carbocycles. The van der Waals surface area contributed by atoms with Gasteiger partial charge in [-0.2, -0.15) is 0 Å². The Morgan fingerprint density at radius 3 is 2.32 bits per heavy atom. The first-order chi connectivity index (χ1) is 16.5. The van der Waals surface area contributed by atoms with Crippen molar-refractivity contribution in [2.24, 2.45) is 5.84 Å². The van der Waals surface area contributed by atoms with Crippen LogP contribution in [0.5, 0.6) is 0 Å². The van der Waals surface area contributed by atoms with Crippen LogP contribution in [0.1, 0.15) is 21.5 Å². The van der Waals surface area contributed by atoms with Crippen molar-refractivity contribution in [1.29, 1.82) is 0 Å². The molecule has 0 bridgehead atoms. The van der Waals surface area contributed by atoms with E-state index in [1.54, 1.807) is 24.3 Å². The predicted molar refractivity (Wildman–Crippen MR) is 131 cm³/mol. The van der Waals surface area contributed by atoms with Crippen molar-refractivity contribution >= 4 is 23.1 Å². The minimum Gasteiger partial charge on any atom is -0.396 e. The number of rotatable bonds is 8. The molecule has 0 fully saturated rings. The van der Waals surface area contributed by atoms with Gasteiger partial charge in [0.2, 0.25) is 0 Å². The van der Waals surface area contributed by atoms with Crippen molar-refractivity contribution in [3.8, 4) is 11.3 Å². The highest BCUT2D eigenvalue weighted by atomic mass is 19.1. The standard InChI is InChI=1S/C26H24FN5O2/c27-22-11-8-19(14-21(22)24-13-12-23(28)25(31-24)32-29)26(33)30-20-9-6-18(7-10-20)16-34-15-17-4-2-1-3-5-17/h1-14H,15-16,28-29H2,(H,30,33)(H,31,32). The molecule has 0 radical (unpaired) electrons. The van der Waals surface area contributed by atoms with Gasteiger partial charge in [0.05, 0.1) is 24.6 Å². The molecule has 34 heavy (non-hydrogen) atoms. The Labute approximate surface area is 196 Å². The van der Waals surface area contributed by atoms with E-state index in [0.29, 0.717) is 30.3 Å². The smallest absolute Gasteiger partial charge is 0.255 e. The van der Waals surface area contributed by atoms with E-state index >= 15 is 0 Å². The average Bonchev–Trinajstić information content (AvgIpc) is 2.86. The summed E-state index contributed by atoms with van der Waals surface area (Å²) < 4.78 is 20.2. The lowest BCUT2D eigenvalue weighted by atomic mass is 10.1. The van der Waals surface area contributed by atoms with Crippen LogP contribution in [0.15, 0.2) is 84.9 Å². The summed E-state index contributed by atoms with van der Waals surface area (Å²) in [5, 5.41) is 2.82. The van der Waals surface area contributed by atoms with Gasteiger partial charge in [-0.3, -0.25) is 4.79 Å². The van der Waals surface area contributed by atoms with Gasteiger partial charge in [0.25, 0.3) is 5.91 Å². The van der Waals surface area contributed by atoms with Crippen LogP contribution >= 0.6 is 0 Å². The zero-order chi connectivity index (χ0) is 23.9. The van der Waals surface area contributed by atoms with Crippen LogP contribution in [-0.4, -0.2) is 10.9 Å². The normalized spacial score (nSPS) is 10.6. The van der Waals surface area contributed by atoms with E-state index in [1.165, 1.54) is 18.2 Å². The fraction of sp³-hybridized carbons (Fsp3) is 0.0769. The third kappa shape index (κ3) is 5.55. The van der Waals surface area contributed by atoms with Crippen molar-refractivity contribution in [3.05, 3.63) is 107 Å². The summed E-state index contributed by atoms with van der Waals surface area (Å²) in [5.74, 6) is 4.74. The largest absolute Gasteiger partial charge is 0.396 e. The maximum atomic E-state index is 14.5. The first kappa shape index (κ1) is 22.9. The number of nitrogen functional groups attached to an aromatic ring is 2. The molecule has 0 atom stereocenters. The van der Waals surface area contributed by atoms with E-state index in [1.807, 2.05) is 42.5 Å². The number of ether oxygens (including phenoxy) is 1. The van der Waals surface area contributed by atoms with Gasteiger partial charge in [0.1, 0.15) is 5.82 Å². The molecule has 1 amide bonds. The van der Waals surface area contributed by atoms with Gasteiger partial charge in [-0.15, -0.1) is 0 Å². The number of amides is 1. The first-order valence-corrected chi connectivity index (χ1v) is 10.6. The number of halogens is 1. The number of hydrazine groups is 1. The molecular formula is C26H24FN5O2. The van der Waals surface area contributed by atoms with Gasteiger partial charge in [0.15, 0.2) is 5.82 Å². The number of nitrogens with two attached hydrogens (primary N) is 2. The fourth-order valence-corrected chi connectivity index (χ4v) is 3.35. The van der Waals surface area contributed by atoms with Gasteiger partial charge < -0.3 is 21.2 Å². The number of anilines is 3. The lowest BCUT2D eigenvalue weighted by Crippen LogP contribution is -2.13. The number of hydrogen-bond acceptors (Lipinski definition) is 6. The van der Waals surface area contributed by atoms with Gasteiger partial charge in [0, 0.05) is 16.8 Å². The zero-order valence-corrected chi connectivity index (χ0v) is 18.3. The summed E-state index contributed by atoms with van der Waals surface area (Å²) in [6.45, 7) is 0.983. The van der Waals surface area contributed by atoms with Crippen molar-refractivity contribution in [2.75, 3.05) is 16.5 Å². The van der Waals surface area contributed by atoms with E-state index in [9.17, 15) is 9.18 Å². The SMILES string of the molecule is NNc1nc(-c2cc(C(=O)Nc3ccc(COCc4ccccc4)cc3)ccc2F)ccc1N. The van der Waals surface area contributed by atoms with Gasteiger partial charge in [-0.05, 0) is 53.6 Å². The number of nitrogens with one attached hydrogen (secondary N) is 2. The Hall–Kier alpha value is -4.27. The van der Waals surface area contributed by atoms with Gasteiger partial charge >= 0.3 is 0 Å². The molecule has 0 saturated heterocycles. The number of pyridine rings is 1. The molecule has 0 aliphatic rings. The molecule has 0 aliphatic carbocycles. The molecule has 1 aromatic heterocycles. The molecular weight excluding hydrogens is 433 g/mol. The summed E-state index contributed by atoms with van der Waals surface area (Å²) in [7, 11) is 0. The second kappa shape index (κ2) is 10.6. The molecule has 0 spiro atoms. The predicted octanol–water partition coefficient (Wildman–Crippen LogP) is 4.72. The average molecular weight is 458 g/mol. The summed E-state index contributed by atoms with van der Waals surface area (Å²) in [4.78, 5) is 17.0. The Morgan fingerprint density at radius 1 is 0.912 bits per heavy atom. The number of hydrogen-bond donors (Lipinski definition) is 4. The van der Waals surface area contributed by atoms with Crippen LogP contribution in [0.25, 0.3) is 11.3 Å². The third-order valence-electron chi connectivity index (χ3n) is 5.16. The lowest BCUT2D eigenvalue weighted by molar-refractivity contribution is 0.102. The van der Waals surface area contributed by atoms with E-state index in [2.05, 4.69) is 15.7 Å². The summed E-state index contributed by atoms with van der Waals surface area (Å²) in [6.07, 6.45) is 0. The number of carbonyl (C=O) groups excluding carboxylic acids is 1. The van der Waals surface area contributed by atoms with E-state index in [-0.39, 0.29) is 22.9 Å². The van der Waals surface area contributed by atoms with E-state index in [0.717, 1.165) is 11.1 Å². The monoisotopic (exact) mass is 457 g/mol. The van der Waals surface area contributed by atoms with Crippen LogP contribution in [-0.2, 0) is 18.0 Å². The highest BCUT2D eigenvalue weighted by Gasteiger charge is 2.14. The van der Waals surface area contributed by atoms with Crippen LogP contribution in [0.2, 0.25) is 0 Å². The Bertz CT molecular complexity index is 1280. The summed E-state index contributed by atoms with van der Waals surface area (Å²) in [6, 6.07) is 24.5. The highest BCUT2D eigenvalue weighted by Crippen LogP contribution is 2.26. The maximum absolute atomic E-state index is 14.5. The molecule has 0 unspecified atom stereocenters. The molecule has 8 heteroatoms. The van der Waals surface area contributed by atoms with Crippen molar-refractivity contribution in [2.45, 2.75) is 13.2 Å². The van der Waals surface area contributed by atoms with Crippen molar-refractivity contribution in [1.82, 2.24) is 4.98 Å². The molecule has 7 nitrogen and oxygen atoms in total. The molecule has 172 valence electrons. The first-order valence-electron chi connectivity index (χ1n) is 10.6. The van der Waals surface area contributed by atoms with Crippen LogP contribution in [0, 0.1) is 5.82 Å². The number of aromatic nitrogens is 1. The minimum absolute atomic E-state index is 0.162. The molecule has 1 heterocycles. The molecule has 3 aromatic carbocycles. The summed E-state index contributed by atoms with van der Waals surface area (Å²) in [5.41, 5.74) is 11.9. The third-order valence-corrected chi connectivity index (χ3v) is 5.16. The van der Waals surface area contributed by atoms with Crippen molar-refractivity contribution < 1.29 is 13.9 Å². The van der Waals surface area contributed by atoms with Crippen LogP contribution < -0.4 is 22.3 Å². The maximum Gasteiger partial charge on any atom is 0.255 e. The zero-order valence-electron chi connectivity index (χ0n) is 18.3. The quantitative estimate of drug-likeness (QED) is 0.225. The summed E-state index contributed by atoms with van der Waals surface area (Å²) >= 11 is 0. The number of nitrogens with zero attached hydrogens (tertiary/aromatic N) is 1. The number of carbonyl (C=O) groups is 1. The molecule has 4 aromatic rings. The fourth-order valence-electron chi connectivity index (χ4n) is 3.35. The van der Waals surface area contributed by atoms with Crippen molar-refractivity contribution in [3.63, 3.8) is 0 Å². The molecule has 4 rings (SSSR count). The minimum atomic E-state index is -0.517.